The van der Waals surface area contributed by atoms with Crippen LogP contribution in [0.2, 0.25) is 0 Å². The molecule has 2 amide bonds. The molecule has 2 rings (SSSR count). The van der Waals surface area contributed by atoms with Crippen LogP contribution in [0, 0.1) is 5.92 Å². The average Bonchev–Trinajstić information content (AvgIpc) is 2.90. The molecule has 1 aromatic heterocycles. The highest BCUT2D eigenvalue weighted by Crippen LogP contribution is 2.18. The van der Waals surface area contributed by atoms with Gasteiger partial charge in [-0.25, -0.2) is 4.98 Å². The summed E-state index contributed by atoms with van der Waals surface area (Å²) in [6.45, 7) is 8.78. The molecule has 0 radical (unpaired) electrons. The SMILES string of the molecule is CCC(C)C(=NC(C)C)/C(CNc1ccc(C(=O)N(C)C)cn1)=C(\N)C(=O)NCc1ccc(NC)cc1. The van der Waals surface area contributed by atoms with Crippen LogP contribution in [0.3, 0.4) is 0 Å². The Labute approximate surface area is 220 Å². The summed E-state index contributed by atoms with van der Waals surface area (Å²) < 4.78 is 0. The number of aromatic nitrogens is 1. The summed E-state index contributed by atoms with van der Waals surface area (Å²) in [6, 6.07) is 11.3. The number of hydrogen-bond acceptors (Lipinski definition) is 7. The number of anilines is 2. The van der Waals surface area contributed by atoms with Gasteiger partial charge in [0.1, 0.15) is 11.5 Å². The molecule has 0 aliphatic carbocycles. The minimum atomic E-state index is -0.353. The van der Waals surface area contributed by atoms with E-state index in [1.165, 1.54) is 11.1 Å². The average molecular weight is 508 g/mol. The van der Waals surface area contributed by atoms with Gasteiger partial charge in [-0.15, -0.1) is 0 Å². The van der Waals surface area contributed by atoms with E-state index in [2.05, 4.69) is 34.8 Å². The van der Waals surface area contributed by atoms with E-state index in [-0.39, 0.29) is 36.0 Å². The lowest BCUT2D eigenvalue weighted by Gasteiger charge is -2.21. The van der Waals surface area contributed by atoms with E-state index in [0.717, 1.165) is 23.4 Å². The maximum absolute atomic E-state index is 13.1. The molecule has 1 unspecified atom stereocenters. The van der Waals surface area contributed by atoms with Gasteiger partial charge in [0.2, 0.25) is 0 Å². The Morgan fingerprint density at radius 1 is 1.08 bits per heavy atom. The first-order valence-corrected chi connectivity index (χ1v) is 12.6. The van der Waals surface area contributed by atoms with Gasteiger partial charge in [-0.3, -0.25) is 14.6 Å². The van der Waals surface area contributed by atoms with Crippen molar-refractivity contribution < 1.29 is 9.59 Å². The third kappa shape index (κ3) is 8.63. The largest absolute Gasteiger partial charge is 0.394 e. The Balaban J connectivity index is 2.31. The number of benzene rings is 1. The van der Waals surface area contributed by atoms with E-state index in [4.69, 9.17) is 10.7 Å². The third-order valence-electron chi connectivity index (χ3n) is 5.91. The van der Waals surface area contributed by atoms with Gasteiger partial charge in [0.15, 0.2) is 0 Å². The Bertz CT molecular complexity index is 1100. The number of hydrogen-bond donors (Lipinski definition) is 4. The highest BCUT2D eigenvalue weighted by molar-refractivity contribution is 6.09. The molecule has 9 nitrogen and oxygen atoms in total. The van der Waals surface area contributed by atoms with Crippen molar-refractivity contribution in [3.05, 3.63) is 65.0 Å². The zero-order chi connectivity index (χ0) is 27.5. The molecule has 9 heteroatoms. The van der Waals surface area contributed by atoms with Crippen molar-refractivity contribution in [1.82, 2.24) is 15.2 Å². The highest BCUT2D eigenvalue weighted by atomic mass is 16.2. The summed E-state index contributed by atoms with van der Waals surface area (Å²) in [4.78, 5) is 36.0. The van der Waals surface area contributed by atoms with Gasteiger partial charge in [-0.1, -0.05) is 26.0 Å². The van der Waals surface area contributed by atoms with E-state index in [1.54, 1.807) is 26.2 Å². The second kappa shape index (κ2) is 14.0. The maximum atomic E-state index is 13.1. The first-order chi connectivity index (χ1) is 17.6. The molecule has 37 heavy (non-hydrogen) atoms. The van der Waals surface area contributed by atoms with Crippen molar-refractivity contribution in [1.29, 1.82) is 0 Å². The number of pyridine rings is 1. The Hall–Kier alpha value is -3.88. The van der Waals surface area contributed by atoms with E-state index < -0.39 is 0 Å². The number of nitrogens with one attached hydrogen (secondary N) is 3. The summed E-state index contributed by atoms with van der Waals surface area (Å²) >= 11 is 0. The van der Waals surface area contributed by atoms with Crippen molar-refractivity contribution in [3.8, 4) is 0 Å². The van der Waals surface area contributed by atoms with E-state index in [0.29, 0.717) is 23.5 Å². The van der Waals surface area contributed by atoms with Gasteiger partial charge in [-0.2, -0.15) is 0 Å². The van der Waals surface area contributed by atoms with Crippen LogP contribution in [-0.2, 0) is 11.3 Å². The van der Waals surface area contributed by atoms with Gasteiger partial charge < -0.3 is 26.6 Å². The van der Waals surface area contributed by atoms with Crippen LogP contribution in [0.4, 0.5) is 11.5 Å². The van der Waals surface area contributed by atoms with E-state index in [1.807, 2.05) is 45.2 Å². The fraction of sp³-hybridized carbons (Fsp3) is 0.429. The summed E-state index contributed by atoms with van der Waals surface area (Å²) in [6.07, 6.45) is 2.38. The fourth-order valence-electron chi connectivity index (χ4n) is 3.56. The van der Waals surface area contributed by atoms with Crippen molar-refractivity contribution >= 4 is 29.0 Å². The molecule has 0 saturated heterocycles. The molecule has 1 heterocycles. The van der Waals surface area contributed by atoms with Gasteiger partial charge in [0, 0.05) is 63.4 Å². The number of aliphatic imine (C=N–C) groups is 1. The molecule has 0 fully saturated rings. The predicted octanol–water partition coefficient (Wildman–Crippen LogP) is 3.66. The lowest BCUT2D eigenvalue weighted by atomic mass is 9.93. The molecule has 0 bridgehead atoms. The number of amides is 2. The Kier molecular flexibility index (Phi) is 11.1. The summed E-state index contributed by atoms with van der Waals surface area (Å²) in [5, 5.41) is 9.26. The summed E-state index contributed by atoms with van der Waals surface area (Å²) in [5.41, 5.74) is 10.5. The number of nitrogens with zero attached hydrogens (tertiary/aromatic N) is 3. The van der Waals surface area contributed by atoms with Gasteiger partial charge in [-0.05, 0) is 56.0 Å². The molecular formula is C28H41N7O2. The summed E-state index contributed by atoms with van der Waals surface area (Å²) in [7, 11) is 5.25. The van der Waals surface area contributed by atoms with Gasteiger partial charge >= 0.3 is 0 Å². The second-order valence-corrected chi connectivity index (χ2v) is 9.42. The molecule has 1 atom stereocenters. The van der Waals surface area contributed by atoms with Crippen LogP contribution in [-0.4, -0.2) is 61.1 Å². The van der Waals surface area contributed by atoms with Crippen molar-refractivity contribution in [3.63, 3.8) is 0 Å². The molecule has 0 spiro atoms. The lowest BCUT2D eigenvalue weighted by Crippen LogP contribution is -2.33. The number of carbonyl (C=O) groups is 2. The van der Waals surface area contributed by atoms with Crippen LogP contribution in [0.25, 0.3) is 0 Å². The van der Waals surface area contributed by atoms with Crippen LogP contribution in [0.1, 0.15) is 50.0 Å². The topological polar surface area (TPSA) is 125 Å². The monoisotopic (exact) mass is 507 g/mol. The molecule has 0 aliphatic rings. The van der Waals surface area contributed by atoms with Crippen LogP contribution in [0.15, 0.2) is 58.9 Å². The molecular weight excluding hydrogens is 466 g/mol. The minimum absolute atomic E-state index is 0.0370. The fourth-order valence-corrected chi connectivity index (χ4v) is 3.56. The van der Waals surface area contributed by atoms with Gasteiger partial charge in [0.05, 0.1) is 5.56 Å². The third-order valence-corrected chi connectivity index (χ3v) is 5.91. The lowest BCUT2D eigenvalue weighted by molar-refractivity contribution is -0.117. The molecule has 1 aromatic carbocycles. The number of nitrogens with two attached hydrogens (primary N) is 1. The van der Waals surface area contributed by atoms with Crippen molar-refractivity contribution in [2.24, 2.45) is 16.6 Å². The van der Waals surface area contributed by atoms with Crippen molar-refractivity contribution in [2.45, 2.75) is 46.7 Å². The number of carbonyl (C=O) groups excluding carboxylic acids is 2. The first kappa shape index (κ1) is 29.4. The minimum Gasteiger partial charge on any atom is -0.394 e. The van der Waals surface area contributed by atoms with E-state index >= 15 is 0 Å². The molecule has 0 aliphatic heterocycles. The Morgan fingerprint density at radius 3 is 2.27 bits per heavy atom. The zero-order valence-corrected chi connectivity index (χ0v) is 23.1. The molecule has 200 valence electrons. The molecule has 5 N–H and O–H groups in total. The quantitative estimate of drug-likeness (QED) is 0.257. The van der Waals surface area contributed by atoms with Crippen LogP contribution in [0.5, 0.6) is 0 Å². The van der Waals surface area contributed by atoms with E-state index in [9.17, 15) is 9.59 Å². The van der Waals surface area contributed by atoms with Crippen molar-refractivity contribution in [2.75, 3.05) is 38.3 Å². The van der Waals surface area contributed by atoms with Crippen LogP contribution >= 0.6 is 0 Å². The highest BCUT2D eigenvalue weighted by Gasteiger charge is 2.21. The second-order valence-electron chi connectivity index (χ2n) is 9.42. The van der Waals surface area contributed by atoms with Crippen LogP contribution < -0.4 is 21.7 Å². The smallest absolute Gasteiger partial charge is 0.267 e. The molecule has 0 saturated carbocycles. The summed E-state index contributed by atoms with van der Waals surface area (Å²) in [5.74, 6) is 0.199. The molecule has 2 aromatic rings. The van der Waals surface area contributed by atoms with Gasteiger partial charge in [0.25, 0.3) is 11.8 Å². The standard InChI is InChI=1S/C28H41N7O2/c1-8-19(4)26(34-18(2)3)23(17-32-24-14-11-21(16-31-24)28(37)35(6)7)25(29)27(36)33-15-20-9-12-22(30-5)13-10-20/h9-14,16,18-19,30H,8,15,17,29H2,1-7H3,(H,31,32)(H,33,36)/b25-23-,34-26?. The maximum Gasteiger partial charge on any atom is 0.267 e. The number of rotatable bonds is 12. The predicted molar refractivity (Wildman–Crippen MR) is 152 cm³/mol. The first-order valence-electron chi connectivity index (χ1n) is 12.6. The normalized spacial score (nSPS) is 13.0. The Morgan fingerprint density at radius 2 is 1.76 bits per heavy atom. The zero-order valence-electron chi connectivity index (χ0n) is 23.1.